The van der Waals surface area contributed by atoms with Crippen molar-refractivity contribution in [3.8, 4) is 0 Å². The summed E-state index contributed by atoms with van der Waals surface area (Å²) >= 11 is 0. The van der Waals surface area contributed by atoms with Crippen LogP contribution in [-0.2, 0) is 0 Å². The number of aromatic nitrogens is 2. The average Bonchev–Trinajstić information content (AvgIpc) is 2.89. The van der Waals surface area contributed by atoms with E-state index in [2.05, 4.69) is 122 Å². The maximum atomic E-state index is 4.55. The van der Waals surface area contributed by atoms with Crippen LogP contribution in [0, 0.1) is 41.5 Å². The lowest BCUT2D eigenvalue weighted by atomic mass is 9.98. The second-order valence-corrected chi connectivity index (χ2v) is 10.1. The number of nitrogens with zero attached hydrogens (tertiary/aromatic N) is 4. The molecule has 0 amide bonds. The van der Waals surface area contributed by atoms with Crippen LogP contribution in [0.3, 0.4) is 0 Å². The molecule has 190 valence electrons. The summed E-state index contributed by atoms with van der Waals surface area (Å²) in [6, 6.07) is 29.9. The van der Waals surface area contributed by atoms with Crippen molar-refractivity contribution in [2.24, 2.45) is 0 Å². The lowest BCUT2D eigenvalue weighted by Gasteiger charge is -2.32. The summed E-state index contributed by atoms with van der Waals surface area (Å²) in [5.41, 5.74) is 13.2. The van der Waals surface area contributed by atoms with Gasteiger partial charge in [-0.1, -0.05) is 53.6 Å². The van der Waals surface area contributed by atoms with Crippen molar-refractivity contribution in [1.82, 2.24) is 9.97 Å². The molecule has 4 aromatic carbocycles. The molecule has 0 atom stereocenters. The van der Waals surface area contributed by atoms with Gasteiger partial charge in [-0.3, -0.25) is 4.90 Å². The normalized spacial score (nSPS) is 10.9. The summed E-state index contributed by atoms with van der Waals surface area (Å²) in [6.07, 6.45) is 3.56. The SMILES string of the molecule is Cc1cc(C)c(N(c2ccc(N(c3ccccc3)c3ncccn3)cc2)c2c(C)cc(C)cc2C)c(C)c1. The molecule has 0 N–H and O–H groups in total. The van der Waals surface area contributed by atoms with E-state index in [1.54, 1.807) is 12.4 Å². The molecule has 0 aliphatic carbocycles. The zero-order chi connectivity index (χ0) is 26.8. The van der Waals surface area contributed by atoms with Gasteiger partial charge in [0.05, 0.1) is 11.4 Å². The fourth-order valence-electron chi connectivity index (χ4n) is 5.53. The minimum absolute atomic E-state index is 0.638. The first-order valence-corrected chi connectivity index (χ1v) is 13.0. The highest BCUT2D eigenvalue weighted by atomic mass is 15.3. The van der Waals surface area contributed by atoms with Gasteiger partial charge in [0.25, 0.3) is 0 Å². The summed E-state index contributed by atoms with van der Waals surface area (Å²) < 4.78 is 0. The molecule has 0 spiro atoms. The van der Waals surface area contributed by atoms with Crippen molar-refractivity contribution in [1.29, 1.82) is 0 Å². The highest BCUT2D eigenvalue weighted by Gasteiger charge is 2.22. The van der Waals surface area contributed by atoms with Gasteiger partial charge in [0.2, 0.25) is 5.95 Å². The Hall–Kier alpha value is -4.44. The van der Waals surface area contributed by atoms with E-state index in [-0.39, 0.29) is 0 Å². The van der Waals surface area contributed by atoms with E-state index in [4.69, 9.17) is 0 Å². The number of rotatable bonds is 6. The number of aryl methyl sites for hydroxylation is 6. The number of hydrogen-bond acceptors (Lipinski definition) is 4. The fourth-order valence-corrected chi connectivity index (χ4v) is 5.53. The maximum absolute atomic E-state index is 4.55. The van der Waals surface area contributed by atoms with Crippen LogP contribution >= 0.6 is 0 Å². The van der Waals surface area contributed by atoms with E-state index in [0.29, 0.717) is 5.95 Å². The Kier molecular flexibility index (Phi) is 6.97. The lowest BCUT2D eigenvalue weighted by Crippen LogP contribution is -2.16. The van der Waals surface area contributed by atoms with Gasteiger partial charge >= 0.3 is 0 Å². The maximum Gasteiger partial charge on any atom is 0.234 e. The van der Waals surface area contributed by atoms with Crippen LogP contribution in [0.5, 0.6) is 0 Å². The Morgan fingerprint density at radius 3 is 1.29 bits per heavy atom. The third-order valence-electron chi connectivity index (χ3n) is 6.85. The predicted molar refractivity (Wildman–Crippen MR) is 160 cm³/mol. The van der Waals surface area contributed by atoms with Crippen molar-refractivity contribution in [2.45, 2.75) is 41.5 Å². The lowest BCUT2D eigenvalue weighted by molar-refractivity contribution is 1.08. The van der Waals surface area contributed by atoms with Gasteiger partial charge in [-0.05, 0) is 106 Å². The van der Waals surface area contributed by atoms with Crippen LogP contribution < -0.4 is 9.80 Å². The minimum Gasteiger partial charge on any atom is -0.309 e. The topological polar surface area (TPSA) is 32.3 Å². The Morgan fingerprint density at radius 1 is 0.447 bits per heavy atom. The van der Waals surface area contributed by atoms with E-state index < -0.39 is 0 Å². The summed E-state index contributed by atoms with van der Waals surface area (Å²) in [5, 5.41) is 0. The van der Waals surface area contributed by atoms with E-state index in [1.165, 1.54) is 44.8 Å². The molecule has 1 heterocycles. The summed E-state index contributed by atoms with van der Waals surface area (Å²) in [4.78, 5) is 13.6. The molecule has 0 radical (unpaired) electrons. The molecule has 0 fully saturated rings. The highest BCUT2D eigenvalue weighted by Crippen LogP contribution is 2.43. The predicted octanol–water partition coefficient (Wildman–Crippen LogP) is 9.27. The Bertz CT molecular complexity index is 1420. The van der Waals surface area contributed by atoms with Gasteiger partial charge < -0.3 is 4.90 Å². The second kappa shape index (κ2) is 10.5. The van der Waals surface area contributed by atoms with Crippen LogP contribution in [0.4, 0.5) is 34.4 Å². The van der Waals surface area contributed by atoms with Crippen molar-refractivity contribution in [3.05, 3.63) is 131 Å². The Morgan fingerprint density at radius 2 is 0.842 bits per heavy atom. The summed E-state index contributed by atoms with van der Waals surface area (Å²) in [6.45, 7) is 13.2. The van der Waals surface area contributed by atoms with Crippen LogP contribution in [0.2, 0.25) is 0 Å². The van der Waals surface area contributed by atoms with Gasteiger partial charge in [-0.15, -0.1) is 0 Å². The Balaban J connectivity index is 1.68. The number of anilines is 6. The highest BCUT2D eigenvalue weighted by molar-refractivity contribution is 5.85. The van der Waals surface area contributed by atoms with Crippen LogP contribution in [-0.4, -0.2) is 9.97 Å². The number of para-hydroxylation sites is 1. The van der Waals surface area contributed by atoms with Crippen LogP contribution in [0.25, 0.3) is 0 Å². The second-order valence-electron chi connectivity index (χ2n) is 10.1. The first-order chi connectivity index (χ1) is 18.3. The van der Waals surface area contributed by atoms with Gasteiger partial charge in [0.15, 0.2) is 0 Å². The van der Waals surface area contributed by atoms with Gasteiger partial charge in [0.1, 0.15) is 0 Å². The van der Waals surface area contributed by atoms with Gasteiger partial charge in [-0.25, -0.2) is 9.97 Å². The molecule has 5 aromatic rings. The molecule has 5 rings (SSSR count). The van der Waals surface area contributed by atoms with Crippen molar-refractivity contribution < 1.29 is 0 Å². The molecular weight excluding hydrogens is 464 g/mol. The van der Waals surface area contributed by atoms with Crippen molar-refractivity contribution >= 4 is 34.4 Å². The molecule has 4 nitrogen and oxygen atoms in total. The third-order valence-corrected chi connectivity index (χ3v) is 6.85. The number of benzene rings is 4. The van der Waals surface area contributed by atoms with Crippen molar-refractivity contribution in [2.75, 3.05) is 9.80 Å². The number of hydrogen-bond donors (Lipinski definition) is 0. The van der Waals surface area contributed by atoms with E-state index in [9.17, 15) is 0 Å². The molecule has 0 saturated carbocycles. The standard InChI is InChI=1S/C34H34N4/c1-23-19-25(3)32(26(4)20-23)38(33-27(5)21-24(2)22-28(33)6)31-15-13-30(14-16-31)37(29-11-8-7-9-12-29)34-35-17-10-18-36-34/h7-22H,1-6H3. The quantitative estimate of drug-likeness (QED) is 0.233. The zero-order valence-electron chi connectivity index (χ0n) is 23.0. The molecule has 4 heteroatoms. The molecular formula is C34H34N4. The largest absolute Gasteiger partial charge is 0.309 e. The molecule has 38 heavy (non-hydrogen) atoms. The summed E-state index contributed by atoms with van der Waals surface area (Å²) in [7, 11) is 0. The summed E-state index contributed by atoms with van der Waals surface area (Å²) in [5.74, 6) is 0.638. The van der Waals surface area contributed by atoms with E-state index >= 15 is 0 Å². The zero-order valence-corrected chi connectivity index (χ0v) is 23.0. The molecule has 0 aliphatic heterocycles. The smallest absolute Gasteiger partial charge is 0.234 e. The third kappa shape index (κ3) is 4.90. The molecule has 0 saturated heterocycles. The monoisotopic (exact) mass is 498 g/mol. The first kappa shape index (κ1) is 25.2. The van der Waals surface area contributed by atoms with Crippen LogP contribution in [0.1, 0.15) is 33.4 Å². The average molecular weight is 499 g/mol. The molecule has 0 unspecified atom stereocenters. The van der Waals surface area contributed by atoms with Gasteiger partial charge in [0, 0.05) is 29.5 Å². The van der Waals surface area contributed by atoms with Gasteiger partial charge in [-0.2, -0.15) is 0 Å². The molecule has 1 aromatic heterocycles. The first-order valence-electron chi connectivity index (χ1n) is 13.0. The van der Waals surface area contributed by atoms with Crippen molar-refractivity contribution in [3.63, 3.8) is 0 Å². The van der Waals surface area contributed by atoms with Crippen LogP contribution in [0.15, 0.2) is 97.3 Å². The minimum atomic E-state index is 0.638. The molecule has 0 bridgehead atoms. The molecule has 0 aliphatic rings. The Labute approximate surface area is 226 Å². The fraction of sp³-hybridized carbons (Fsp3) is 0.176. The van der Waals surface area contributed by atoms with E-state index in [0.717, 1.165) is 17.1 Å². The van der Waals surface area contributed by atoms with E-state index in [1.807, 2.05) is 24.3 Å².